The van der Waals surface area contributed by atoms with E-state index in [1.54, 1.807) is 6.07 Å². The van der Waals surface area contributed by atoms with Gasteiger partial charge in [-0.2, -0.15) is 0 Å². The third-order valence-electron chi connectivity index (χ3n) is 9.09. The molecule has 0 N–H and O–H groups in total. The fraction of sp³-hybridized carbons (Fsp3) is 0.720. The van der Waals surface area contributed by atoms with E-state index in [1.807, 2.05) is 14.7 Å². The van der Waals surface area contributed by atoms with E-state index in [0.29, 0.717) is 43.5 Å². The molecule has 178 valence electrons. The molecule has 6 fully saturated rings. The topological polar surface area (TPSA) is 69.9 Å². The van der Waals surface area contributed by atoms with Gasteiger partial charge in [-0.15, -0.1) is 0 Å². The average molecular weight is 457 g/mol. The highest BCUT2D eigenvalue weighted by molar-refractivity contribution is 5.84. The third-order valence-corrected chi connectivity index (χ3v) is 9.09. The molecule has 1 aromatic carbocycles. The van der Waals surface area contributed by atoms with Crippen molar-refractivity contribution in [1.29, 1.82) is 0 Å². The summed E-state index contributed by atoms with van der Waals surface area (Å²) < 4.78 is 14.7. The van der Waals surface area contributed by atoms with Gasteiger partial charge in [0, 0.05) is 39.3 Å². The van der Waals surface area contributed by atoms with Crippen LogP contribution in [0.4, 0.5) is 21.5 Å². The SMILES string of the molecule is O=C(N1CCN(c2cc(N3CCCC3)c(F)cc2[N+](=O)[O-])CC1)C12CC3CC(CC(C3)C1)C2. The van der Waals surface area contributed by atoms with Gasteiger partial charge in [0.05, 0.1) is 22.1 Å². The van der Waals surface area contributed by atoms with Crippen LogP contribution in [-0.4, -0.2) is 55.0 Å². The molecule has 0 spiro atoms. The van der Waals surface area contributed by atoms with Crippen molar-refractivity contribution in [2.45, 2.75) is 51.4 Å². The van der Waals surface area contributed by atoms with Crippen LogP contribution in [0.25, 0.3) is 0 Å². The van der Waals surface area contributed by atoms with Gasteiger partial charge in [0.15, 0.2) is 5.82 Å². The number of benzene rings is 1. The number of hydrogen-bond acceptors (Lipinski definition) is 5. The zero-order valence-electron chi connectivity index (χ0n) is 19.2. The Labute approximate surface area is 194 Å². The van der Waals surface area contributed by atoms with Crippen molar-refractivity contribution < 1.29 is 14.1 Å². The molecule has 4 bridgehead atoms. The lowest BCUT2D eigenvalue weighted by Gasteiger charge is -2.57. The highest BCUT2D eigenvalue weighted by Gasteiger charge is 2.55. The first-order chi connectivity index (χ1) is 15.9. The molecule has 4 aliphatic carbocycles. The zero-order valence-corrected chi connectivity index (χ0v) is 19.2. The van der Waals surface area contributed by atoms with Crippen LogP contribution < -0.4 is 9.80 Å². The van der Waals surface area contributed by atoms with Crippen LogP contribution in [0.2, 0.25) is 0 Å². The predicted molar refractivity (Wildman–Crippen MR) is 124 cm³/mol. The second-order valence-corrected chi connectivity index (χ2v) is 11.2. The first-order valence-corrected chi connectivity index (χ1v) is 12.7. The minimum absolute atomic E-state index is 0.151. The number of halogens is 1. The maximum atomic E-state index is 14.7. The number of carbonyl (C=O) groups excluding carboxylic acids is 1. The Morgan fingerprint density at radius 3 is 1.97 bits per heavy atom. The van der Waals surface area contributed by atoms with Gasteiger partial charge in [-0.1, -0.05) is 0 Å². The molecule has 0 atom stereocenters. The molecule has 2 heterocycles. The Bertz CT molecular complexity index is 933. The Kier molecular flexibility index (Phi) is 5.03. The summed E-state index contributed by atoms with van der Waals surface area (Å²) in [6, 6.07) is 2.74. The molecule has 1 amide bonds. The lowest BCUT2D eigenvalue weighted by molar-refractivity contribution is -0.384. The van der Waals surface area contributed by atoms with Crippen molar-refractivity contribution in [3.63, 3.8) is 0 Å². The molecule has 4 saturated carbocycles. The predicted octanol–water partition coefficient (Wildman–Crippen LogP) is 4.20. The maximum Gasteiger partial charge on any atom is 0.295 e. The number of amides is 1. The zero-order chi connectivity index (χ0) is 22.7. The van der Waals surface area contributed by atoms with Gasteiger partial charge < -0.3 is 14.7 Å². The minimum Gasteiger partial charge on any atom is -0.369 e. The van der Waals surface area contributed by atoms with E-state index in [0.717, 1.165) is 69.0 Å². The second-order valence-electron chi connectivity index (χ2n) is 11.2. The summed E-state index contributed by atoms with van der Waals surface area (Å²) in [6.07, 6.45) is 9.13. The van der Waals surface area contributed by atoms with Gasteiger partial charge in [-0.3, -0.25) is 14.9 Å². The molecular formula is C25H33FN4O3. The normalized spacial score (nSPS) is 33.1. The number of nitro groups is 1. The molecule has 7 rings (SSSR count). The Morgan fingerprint density at radius 2 is 1.42 bits per heavy atom. The van der Waals surface area contributed by atoms with E-state index in [9.17, 15) is 19.3 Å². The monoisotopic (exact) mass is 456 g/mol. The lowest BCUT2D eigenvalue weighted by atomic mass is 9.49. The van der Waals surface area contributed by atoms with Crippen molar-refractivity contribution in [3.8, 4) is 0 Å². The number of anilines is 2. The first kappa shape index (κ1) is 21.2. The number of rotatable bonds is 4. The smallest absolute Gasteiger partial charge is 0.295 e. The molecule has 0 aromatic heterocycles. The van der Waals surface area contributed by atoms with Gasteiger partial charge in [0.25, 0.3) is 5.69 Å². The molecule has 2 saturated heterocycles. The van der Waals surface area contributed by atoms with E-state index in [-0.39, 0.29) is 11.1 Å². The Balaban J connectivity index is 1.20. The number of nitrogens with zero attached hydrogens (tertiary/aromatic N) is 4. The molecule has 8 heteroatoms. The average Bonchev–Trinajstić information content (AvgIpc) is 3.32. The van der Waals surface area contributed by atoms with Crippen LogP contribution in [-0.2, 0) is 4.79 Å². The summed E-state index contributed by atoms with van der Waals surface area (Å²) in [5.41, 5.74) is 0.600. The van der Waals surface area contributed by atoms with E-state index in [1.165, 1.54) is 19.3 Å². The number of carbonyl (C=O) groups is 1. The van der Waals surface area contributed by atoms with Crippen LogP contribution in [0.15, 0.2) is 12.1 Å². The van der Waals surface area contributed by atoms with Crippen LogP contribution in [0.1, 0.15) is 51.4 Å². The summed E-state index contributed by atoms with van der Waals surface area (Å²) >= 11 is 0. The Hall–Kier alpha value is -2.38. The van der Waals surface area contributed by atoms with Crippen LogP contribution in [0.5, 0.6) is 0 Å². The Morgan fingerprint density at radius 1 is 0.879 bits per heavy atom. The van der Waals surface area contributed by atoms with E-state index >= 15 is 0 Å². The lowest BCUT2D eigenvalue weighted by Crippen LogP contribution is -2.58. The summed E-state index contributed by atoms with van der Waals surface area (Å²) in [5, 5.41) is 11.7. The quantitative estimate of drug-likeness (QED) is 0.502. The van der Waals surface area contributed by atoms with Gasteiger partial charge in [-0.25, -0.2) is 4.39 Å². The van der Waals surface area contributed by atoms with Crippen molar-refractivity contribution in [2.75, 3.05) is 49.1 Å². The molecule has 1 aromatic rings. The number of piperazine rings is 1. The minimum atomic E-state index is -0.525. The molecule has 2 aliphatic heterocycles. The summed E-state index contributed by atoms with van der Waals surface area (Å²) in [7, 11) is 0. The van der Waals surface area contributed by atoms with Crippen LogP contribution in [0, 0.1) is 39.1 Å². The standard InChI is InChI=1S/C25H33FN4O3/c26-20-12-23(30(32)33)22(13-21(20)27-3-1-2-4-27)28-5-7-29(8-6-28)24(31)25-14-17-9-18(15-25)11-19(10-17)16-25/h12-13,17-19H,1-11,14-16H2. The first-order valence-electron chi connectivity index (χ1n) is 12.7. The summed E-state index contributed by atoms with van der Waals surface area (Å²) in [5.74, 6) is 1.99. The van der Waals surface area contributed by atoms with Gasteiger partial charge in [-0.05, 0) is 75.2 Å². The van der Waals surface area contributed by atoms with Crippen molar-refractivity contribution in [1.82, 2.24) is 4.90 Å². The van der Waals surface area contributed by atoms with Crippen LogP contribution >= 0.6 is 0 Å². The van der Waals surface area contributed by atoms with Gasteiger partial charge in [0.2, 0.25) is 5.91 Å². The summed E-state index contributed by atoms with van der Waals surface area (Å²) in [4.78, 5) is 30.9. The van der Waals surface area contributed by atoms with E-state index in [4.69, 9.17) is 0 Å². The maximum absolute atomic E-state index is 14.7. The molecule has 7 nitrogen and oxygen atoms in total. The largest absolute Gasteiger partial charge is 0.369 e. The number of hydrogen-bond donors (Lipinski definition) is 0. The highest BCUT2D eigenvalue weighted by atomic mass is 19.1. The van der Waals surface area contributed by atoms with E-state index < -0.39 is 10.7 Å². The molecule has 33 heavy (non-hydrogen) atoms. The molecule has 0 radical (unpaired) electrons. The van der Waals surface area contributed by atoms with Crippen molar-refractivity contribution in [2.24, 2.45) is 23.2 Å². The van der Waals surface area contributed by atoms with E-state index in [2.05, 4.69) is 0 Å². The van der Waals surface area contributed by atoms with Gasteiger partial charge >= 0.3 is 0 Å². The van der Waals surface area contributed by atoms with Gasteiger partial charge in [0.1, 0.15) is 5.69 Å². The molecule has 0 unspecified atom stereocenters. The van der Waals surface area contributed by atoms with Crippen LogP contribution in [0.3, 0.4) is 0 Å². The molecular weight excluding hydrogens is 423 g/mol. The number of nitro benzene ring substituents is 1. The van der Waals surface area contributed by atoms with Crippen molar-refractivity contribution in [3.05, 3.63) is 28.1 Å². The fourth-order valence-electron chi connectivity index (χ4n) is 8.00. The molecule has 6 aliphatic rings. The highest BCUT2D eigenvalue weighted by Crippen LogP contribution is 2.60. The third kappa shape index (κ3) is 3.56. The summed E-state index contributed by atoms with van der Waals surface area (Å²) in [6.45, 7) is 3.80. The van der Waals surface area contributed by atoms with Crippen molar-refractivity contribution >= 4 is 23.0 Å². The fourth-order valence-corrected chi connectivity index (χ4v) is 8.00. The second kappa shape index (κ2) is 7.84.